The number of aryl methyl sites for hydroxylation is 1. The second-order valence-corrected chi connectivity index (χ2v) is 7.32. The third-order valence-electron chi connectivity index (χ3n) is 5.64. The lowest BCUT2D eigenvalue weighted by molar-refractivity contribution is 0.0790. The Morgan fingerprint density at radius 3 is 2.85 bits per heavy atom. The number of aromatic nitrogens is 2. The summed E-state index contributed by atoms with van der Waals surface area (Å²) in [6.07, 6.45) is 2.85. The molecule has 0 bridgehead atoms. The van der Waals surface area contributed by atoms with Crippen LogP contribution in [0, 0.1) is 0 Å². The van der Waals surface area contributed by atoms with Crippen LogP contribution < -0.4 is 10.6 Å². The molecule has 2 aliphatic rings. The largest absolute Gasteiger partial charge is 0.373 e. The fourth-order valence-electron chi connectivity index (χ4n) is 3.99. The Hall–Kier alpha value is -2.47. The standard InChI is InChI=1S/C21H27N5O/c1-3-14-4-6-15(7-5-14)21(27)26-11-9-16(13-26)19-24-18-12-23-10-8-17(18)20(22-2)25-19/h4-7,16,23H,3,8-13H2,1-2H3,(H,22,24,25). The Balaban J connectivity index is 1.51. The van der Waals surface area contributed by atoms with Crippen LogP contribution >= 0.6 is 0 Å². The number of rotatable bonds is 4. The van der Waals surface area contributed by atoms with E-state index in [1.54, 1.807) is 0 Å². The van der Waals surface area contributed by atoms with Crippen molar-refractivity contribution in [2.45, 2.75) is 38.6 Å². The number of amides is 1. The summed E-state index contributed by atoms with van der Waals surface area (Å²) < 4.78 is 0. The van der Waals surface area contributed by atoms with Gasteiger partial charge in [-0.2, -0.15) is 0 Å². The number of hydrogen-bond acceptors (Lipinski definition) is 5. The van der Waals surface area contributed by atoms with Crippen molar-refractivity contribution in [3.05, 3.63) is 52.5 Å². The summed E-state index contributed by atoms with van der Waals surface area (Å²) in [7, 11) is 1.92. The average molecular weight is 365 g/mol. The van der Waals surface area contributed by atoms with Gasteiger partial charge in [0.15, 0.2) is 0 Å². The Kier molecular flexibility index (Phi) is 5.07. The van der Waals surface area contributed by atoms with Crippen LogP contribution in [-0.4, -0.2) is 47.5 Å². The topological polar surface area (TPSA) is 70.2 Å². The van der Waals surface area contributed by atoms with Gasteiger partial charge in [-0.1, -0.05) is 19.1 Å². The van der Waals surface area contributed by atoms with Crippen LogP contribution in [0.15, 0.2) is 24.3 Å². The van der Waals surface area contributed by atoms with Crippen LogP contribution in [0.25, 0.3) is 0 Å². The van der Waals surface area contributed by atoms with E-state index in [0.717, 1.165) is 61.8 Å². The van der Waals surface area contributed by atoms with Crippen molar-refractivity contribution >= 4 is 11.7 Å². The number of carbonyl (C=O) groups excluding carboxylic acids is 1. The van der Waals surface area contributed by atoms with Crippen LogP contribution in [0.5, 0.6) is 0 Å². The first-order chi connectivity index (χ1) is 13.2. The lowest BCUT2D eigenvalue weighted by Crippen LogP contribution is -2.29. The van der Waals surface area contributed by atoms with Crippen molar-refractivity contribution in [1.29, 1.82) is 0 Å². The zero-order valence-electron chi connectivity index (χ0n) is 16.1. The molecule has 1 unspecified atom stereocenters. The van der Waals surface area contributed by atoms with Crippen molar-refractivity contribution in [3.8, 4) is 0 Å². The van der Waals surface area contributed by atoms with Crippen LogP contribution in [0.3, 0.4) is 0 Å². The van der Waals surface area contributed by atoms with E-state index in [-0.39, 0.29) is 11.8 Å². The lowest BCUT2D eigenvalue weighted by atomic mass is 10.0. The predicted octanol–water partition coefficient (Wildman–Crippen LogP) is 2.36. The molecule has 1 aromatic heterocycles. The molecule has 4 rings (SSSR count). The number of fused-ring (bicyclic) bond motifs is 1. The minimum Gasteiger partial charge on any atom is -0.373 e. The van der Waals surface area contributed by atoms with Crippen molar-refractivity contribution in [3.63, 3.8) is 0 Å². The average Bonchev–Trinajstić information content (AvgIpc) is 3.22. The molecular weight excluding hydrogens is 338 g/mol. The Morgan fingerprint density at radius 1 is 1.30 bits per heavy atom. The molecule has 0 saturated carbocycles. The molecule has 0 aliphatic carbocycles. The number of likely N-dealkylation sites (tertiary alicyclic amines) is 1. The number of carbonyl (C=O) groups is 1. The number of hydrogen-bond donors (Lipinski definition) is 2. The van der Waals surface area contributed by atoms with Gasteiger partial charge in [0.2, 0.25) is 0 Å². The molecule has 3 heterocycles. The maximum Gasteiger partial charge on any atom is 0.253 e. The summed E-state index contributed by atoms with van der Waals surface area (Å²) in [5.74, 6) is 2.10. The third kappa shape index (κ3) is 3.54. The quantitative estimate of drug-likeness (QED) is 0.870. The molecule has 2 aliphatic heterocycles. The highest BCUT2D eigenvalue weighted by Crippen LogP contribution is 2.29. The van der Waals surface area contributed by atoms with Gasteiger partial charge in [0.25, 0.3) is 5.91 Å². The maximum atomic E-state index is 12.8. The van der Waals surface area contributed by atoms with Gasteiger partial charge < -0.3 is 15.5 Å². The molecule has 1 amide bonds. The minimum atomic E-state index is 0.105. The smallest absolute Gasteiger partial charge is 0.253 e. The van der Waals surface area contributed by atoms with Gasteiger partial charge in [0.05, 0.1) is 5.69 Å². The first kappa shape index (κ1) is 17.9. The monoisotopic (exact) mass is 365 g/mol. The van der Waals surface area contributed by atoms with E-state index >= 15 is 0 Å². The third-order valence-corrected chi connectivity index (χ3v) is 5.64. The van der Waals surface area contributed by atoms with Gasteiger partial charge in [-0.25, -0.2) is 9.97 Å². The van der Waals surface area contributed by atoms with Crippen molar-refractivity contribution in [2.75, 3.05) is 32.0 Å². The summed E-state index contributed by atoms with van der Waals surface area (Å²) in [6, 6.07) is 7.96. The number of anilines is 1. The fraction of sp³-hybridized carbons (Fsp3) is 0.476. The molecule has 27 heavy (non-hydrogen) atoms. The van der Waals surface area contributed by atoms with E-state index in [1.165, 1.54) is 11.1 Å². The van der Waals surface area contributed by atoms with Crippen LogP contribution in [-0.2, 0) is 19.4 Å². The van der Waals surface area contributed by atoms with Gasteiger partial charge in [0.1, 0.15) is 11.6 Å². The first-order valence-corrected chi connectivity index (χ1v) is 9.86. The first-order valence-electron chi connectivity index (χ1n) is 9.86. The summed E-state index contributed by atoms with van der Waals surface area (Å²) in [6.45, 7) is 5.32. The highest BCUT2D eigenvalue weighted by molar-refractivity contribution is 5.94. The van der Waals surface area contributed by atoms with Gasteiger partial charge in [-0.05, 0) is 43.5 Å². The molecule has 1 atom stereocenters. The number of benzene rings is 1. The van der Waals surface area contributed by atoms with Crippen LogP contribution in [0.4, 0.5) is 5.82 Å². The normalized spacial score (nSPS) is 19.0. The lowest BCUT2D eigenvalue weighted by Gasteiger charge is -2.21. The minimum absolute atomic E-state index is 0.105. The van der Waals surface area contributed by atoms with Gasteiger partial charge in [0, 0.05) is 43.7 Å². The van der Waals surface area contributed by atoms with E-state index in [2.05, 4.69) is 17.6 Å². The van der Waals surface area contributed by atoms with Crippen molar-refractivity contribution in [2.24, 2.45) is 0 Å². The van der Waals surface area contributed by atoms with Gasteiger partial charge in [-0.15, -0.1) is 0 Å². The second kappa shape index (κ2) is 7.64. The van der Waals surface area contributed by atoms with Crippen molar-refractivity contribution in [1.82, 2.24) is 20.2 Å². The van der Waals surface area contributed by atoms with Crippen LogP contribution in [0.1, 0.15) is 52.3 Å². The highest BCUT2D eigenvalue weighted by atomic mass is 16.2. The van der Waals surface area contributed by atoms with E-state index in [4.69, 9.17) is 9.97 Å². The molecule has 1 aromatic carbocycles. The predicted molar refractivity (Wildman–Crippen MR) is 106 cm³/mol. The van der Waals surface area contributed by atoms with E-state index < -0.39 is 0 Å². The summed E-state index contributed by atoms with van der Waals surface area (Å²) >= 11 is 0. The molecule has 2 N–H and O–H groups in total. The van der Waals surface area contributed by atoms with Gasteiger partial charge >= 0.3 is 0 Å². The van der Waals surface area contributed by atoms with E-state index in [1.807, 2.05) is 36.2 Å². The summed E-state index contributed by atoms with van der Waals surface area (Å²) in [5, 5.41) is 6.62. The van der Waals surface area contributed by atoms with Crippen molar-refractivity contribution < 1.29 is 4.79 Å². The number of nitrogens with one attached hydrogen (secondary N) is 2. The van der Waals surface area contributed by atoms with E-state index in [0.29, 0.717) is 6.54 Å². The molecule has 0 spiro atoms. The second-order valence-electron chi connectivity index (χ2n) is 7.32. The number of nitrogens with zero attached hydrogens (tertiary/aromatic N) is 3. The zero-order valence-corrected chi connectivity index (χ0v) is 16.1. The molecule has 0 radical (unpaired) electrons. The molecule has 6 heteroatoms. The van der Waals surface area contributed by atoms with Crippen LogP contribution in [0.2, 0.25) is 0 Å². The zero-order chi connectivity index (χ0) is 18.8. The Morgan fingerprint density at radius 2 is 2.11 bits per heavy atom. The maximum absolute atomic E-state index is 12.8. The molecule has 2 aromatic rings. The fourth-order valence-corrected chi connectivity index (χ4v) is 3.99. The summed E-state index contributed by atoms with van der Waals surface area (Å²) in [5.41, 5.74) is 4.33. The summed E-state index contributed by atoms with van der Waals surface area (Å²) in [4.78, 5) is 24.4. The Bertz CT molecular complexity index is 816. The molecule has 6 nitrogen and oxygen atoms in total. The molecular formula is C21H27N5O. The molecule has 1 saturated heterocycles. The highest BCUT2D eigenvalue weighted by Gasteiger charge is 2.31. The Labute approximate surface area is 160 Å². The molecule has 142 valence electrons. The van der Waals surface area contributed by atoms with Gasteiger partial charge in [-0.3, -0.25) is 4.79 Å². The molecule has 1 fully saturated rings. The van der Waals surface area contributed by atoms with E-state index in [9.17, 15) is 4.79 Å². The SMILES string of the molecule is CCc1ccc(C(=O)N2CCC(c3nc4c(c(NC)n3)CCNC4)C2)cc1.